The highest BCUT2D eigenvalue weighted by atomic mass is 16.2. The molecule has 2 aromatic carbocycles. The van der Waals surface area contributed by atoms with Crippen LogP contribution in [0.3, 0.4) is 0 Å². The minimum absolute atomic E-state index is 0.0775. The smallest absolute Gasteiger partial charge is 0.251 e. The fourth-order valence-corrected chi connectivity index (χ4v) is 2.41. The number of rotatable bonds is 6. The third-order valence-corrected chi connectivity index (χ3v) is 3.73. The largest absolute Gasteiger partial charge is 0.376 e. The van der Waals surface area contributed by atoms with Gasteiger partial charge in [0, 0.05) is 24.8 Å². The highest BCUT2D eigenvalue weighted by Crippen LogP contribution is 2.16. The second-order valence-corrected chi connectivity index (χ2v) is 5.73. The van der Waals surface area contributed by atoms with Crippen LogP contribution < -0.4 is 16.0 Å². The standard InChI is InChI=1S/C19H23N3O2/c1-13-5-4-6-15(9-13)11-22-18(23)12-21-17-8-7-16(10-14(17)2)19(24)20-3/h4-10,21H,11-12H2,1-3H3,(H,20,24)(H,22,23). The van der Waals surface area contributed by atoms with Gasteiger partial charge in [-0.2, -0.15) is 0 Å². The SMILES string of the molecule is CNC(=O)c1ccc(NCC(=O)NCc2cccc(C)c2)c(C)c1. The molecule has 2 amide bonds. The van der Waals surface area contributed by atoms with Crippen LogP contribution >= 0.6 is 0 Å². The van der Waals surface area contributed by atoms with E-state index in [0.29, 0.717) is 12.1 Å². The van der Waals surface area contributed by atoms with Crippen molar-refractivity contribution in [3.63, 3.8) is 0 Å². The summed E-state index contributed by atoms with van der Waals surface area (Å²) in [4.78, 5) is 23.6. The van der Waals surface area contributed by atoms with E-state index in [-0.39, 0.29) is 18.4 Å². The molecule has 0 saturated carbocycles. The van der Waals surface area contributed by atoms with E-state index >= 15 is 0 Å². The lowest BCUT2D eigenvalue weighted by Gasteiger charge is -2.11. The normalized spacial score (nSPS) is 10.1. The average molecular weight is 325 g/mol. The van der Waals surface area contributed by atoms with E-state index in [1.54, 1.807) is 19.2 Å². The molecule has 2 aromatic rings. The Labute approximate surface area is 142 Å². The minimum atomic E-state index is -0.124. The number of carbonyl (C=O) groups excluding carboxylic acids is 2. The Kier molecular flexibility index (Phi) is 5.95. The molecule has 0 heterocycles. The van der Waals surface area contributed by atoms with Crippen molar-refractivity contribution >= 4 is 17.5 Å². The first kappa shape index (κ1) is 17.5. The summed E-state index contributed by atoms with van der Waals surface area (Å²) >= 11 is 0. The molecule has 0 aliphatic rings. The van der Waals surface area contributed by atoms with Gasteiger partial charge in [0.2, 0.25) is 5.91 Å². The minimum Gasteiger partial charge on any atom is -0.376 e. The van der Waals surface area contributed by atoms with Gasteiger partial charge in [-0.05, 0) is 43.2 Å². The first-order valence-electron chi connectivity index (χ1n) is 7.88. The lowest BCUT2D eigenvalue weighted by Crippen LogP contribution is -2.29. The topological polar surface area (TPSA) is 70.2 Å². The van der Waals surface area contributed by atoms with E-state index in [1.165, 1.54) is 5.56 Å². The molecule has 5 heteroatoms. The molecule has 0 atom stereocenters. The molecular formula is C19H23N3O2. The first-order chi connectivity index (χ1) is 11.5. The van der Waals surface area contributed by atoms with Crippen molar-refractivity contribution in [3.8, 4) is 0 Å². The molecular weight excluding hydrogens is 302 g/mol. The van der Waals surface area contributed by atoms with E-state index in [2.05, 4.69) is 22.0 Å². The molecule has 3 N–H and O–H groups in total. The molecule has 0 aliphatic heterocycles. The number of carbonyl (C=O) groups is 2. The van der Waals surface area contributed by atoms with Crippen LogP contribution in [0.4, 0.5) is 5.69 Å². The predicted octanol–water partition coefficient (Wildman–Crippen LogP) is 2.39. The Morgan fingerprint density at radius 2 is 1.83 bits per heavy atom. The Balaban J connectivity index is 1.86. The highest BCUT2D eigenvalue weighted by Gasteiger charge is 2.07. The van der Waals surface area contributed by atoms with Crippen LogP contribution in [-0.4, -0.2) is 25.4 Å². The van der Waals surface area contributed by atoms with E-state index < -0.39 is 0 Å². The Morgan fingerprint density at radius 3 is 2.50 bits per heavy atom. The van der Waals surface area contributed by atoms with Crippen LogP contribution in [0.25, 0.3) is 0 Å². The van der Waals surface area contributed by atoms with E-state index in [1.807, 2.05) is 38.1 Å². The Morgan fingerprint density at radius 1 is 1.04 bits per heavy atom. The van der Waals surface area contributed by atoms with E-state index in [0.717, 1.165) is 16.8 Å². The number of anilines is 1. The van der Waals surface area contributed by atoms with Gasteiger partial charge in [0.25, 0.3) is 5.91 Å². The van der Waals surface area contributed by atoms with Crippen LogP contribution in [0.15, 0.2) is 42.5 Å². The number of hydrogen-bond acceptors (Lipinski definition) is 3. The van der Waals surface area contributed by atoms with Crippen LogP contribution in [0, 0.1) is 13.8 Å². The Hall–Kier alpha value is -2.82. The maximum absolute atomic E-state index is 12.0. The maximum atomic E-state index is 12.0. The molecule has 0 aliphatic carbocycles. The third kappa shape index (κ3) is 4.84. The molecule has 0 unspecified atom stereocenters. The average Bonchev–Trinajstić information content (AvgIpc) is 2.58. The van der Waals surface area contributed by atoms with Crippen molar-refractivity contribution in [2.24, 2.45) is 0 Å². The summed E-state index contributed by atoms with van der Waals surface area (Å²) in [6, 6.07) is 13.4. The number of nitrogens with one attached hydrogen (secondary N) is 3. The summed E-state index contributed by atoms with van der Waals surface area (Å²) in [6.45, 7) is 4.63. The Bertz CT molecular complexity index is 741. The lowest BCUT2D eigenvalue weighted by atomic mass is 10.1. The summed E-state index contributed by atoms with van der Waals surface area (Å²) in [5.74, 6) is -0.202. The van der Waals surface area contributed by atoms with Crippen molar-refractivity contribution in [3.05, 3.63) is 64.7 Å². The fraction of sp³-hybridized carbons (Fsp3) is 0.263. The maximum Gasteiger partial charge on any atom is 0.251 e. The summed E-state index contributed by atoms with van der Waals surface area (Å²) in [7, 11) is 1.60. The molecule has 126 valence electrons. The van der Waals surface area contributed by atoms with E-state index in [4.69, 9.17) is 0 Å². The summed E-state index contributed by atoms with van der Waals surface area (Å²) in [6.07, 6.45) is 0. The number of benzene rings is 2. The van der Waals surface area contributed by atoms with Crippen molar-refractivity contribution in [1.82, 2.24) is 10.6 Å². The number of aryl methyl sites for hydroxylation is 2. The summed E-state index contributed by atoms with van der Waals surface area (Å²) in [5, 5.41) is 8.58. The van der Waals surface area contributed by atoms with Crippen LogP contribution in [0.5, 0.6) is 0 Å². The highest BCUT2D eigenvalue weighted by molar-refractivity contribution is 5.94. The molecule has 0 bridgehead atoms. The van der Waals surface area contributed by atoms with Crippen LogP contribution in [-0.2, 0) is 11.3 Å². The molecule has 0 radical (unpaired) electrons. The van der Waals surface area contributed by atoms with Crippen LogP contribution in [0.1, 0.15) is 27.0 Å². The van der Waals surface area contributed by atoms with Crippen molar-refractivity contribution < 1.29 is 9.59 Å². The zero-order chi connectivity index (χ0) is 17.5. The fourth-order valence-electron chi connectivity index (χ4n) is 2.41. The molecule has 0 fully saturated rings. The molecule has 0 saturated heterocycles. The van der Waals surface area contributed by atoms with Gasteiger partial charge >= 0.3 is 0 Å². The third-order valence-electron chi connectivity index (χ3n) is 3.73. The van der Waals surface area contributed by atoms with Crippen molar-refractivity contribution in [2.75, 3.05) is 18.9 Å². The van der Waals surface area contributed by atoms with Gasteiger partial charge in [-0.1, -0.05) is 29.8 Å². The van der Waals surface area contributed by atoms with Gasteiger partial charge in [-0.15, -0.1) is 0 Å². The van der Waals surface area contributed by atoms with Gasteiger partial charge < -0.3 is 16.0 Å². The zero-order valence-electron chi connectivity index (χ0n) is 14.3. The summed E-state index contributed by atoms with van der Waals surface area (Å²) < 4.78 is 0. The molecule has 2 rings (SSSR count). The van der Waals surface area contributed by atoms with Gasteiger partial charge in [0.05, 0.1) is 6.54 Å². The van der Waals surface area contributed by atoms with Crippen molar-refractivity contribution in [1.29, 1.82) is 0 Å². The second kappa shape index (κ2) is 8.15. The van der Waals surface area contributed by atoms with Gasteiger partial charge in [-0.25, -0.2) is 0 Å². The van der Waals surface area contributed by atoms with Gasteiger partial charge in [-0.3, -0.25) is 9.59 Å². The predicted molar refractivity (Wildman–Crippen MR) is 96.1 cm³/mol. The molecule has 5 nitrogen and oxygen atoms in total. The zero-order valence-corrected chi connectivity index (χ0v) is 14.3. The number of amides is 2. The van der Waals surface area contributed by atoms with E-state index in [9.17, 15) is 9.59 Å². The lowest BCUT2D eigenvalue weighted by molar-refractivity contribution is -0.119. The van der Waals surface area contributed by atoms with Crippen molar-refractivity contribution in [2.45, 2.75) is 20.4 Å². The van der Waals surface area contributed by atoms with Gasteiger partial charge in [0.15, 0.2) is 0 Å². The first-order valence-corrected chi connectivity index (χ1v) is 7.88. The van der Waals surface area contributed by atoms with Gasteiger partial charge in [0.1, 0.15) is 0 Å². The molecule has 0 spiro atoms. The summed E-state index contributed by atoms with van der Waals surface area (Å²) in [5.41, 5.74) is 4.61. The van der Waals surface area contributed by atoms with Crippen LogP contribution in [0.2, 0.25) is 0 Å². The quantitative estimate of drug-likeness (QED) is 0.764. The molecule has 0 aromatic heterocycles. The molecule has 24 heavy (non-hydrogen) atoms. The number of hydrogen-bond donors (Lipinski definition) is 3. The monoisotopic (exact) mass is 325 g/mol. The second-order valence-electron chi connectivity index (χ2n) is 5.73.